The van der Waals surface area contributed by atoms with Crippen LogP contribution in [0.3, 0.4) is 0 Å². The van der Waals surface area contributed by atoms with E-state index < -0.39 is 15.1 Å². The maximum Gasteiger partial charge on any atom is 0.183 e. The Kier molecular flexibility index (Phi) is 5.58. The van der Waals surface area contributed by atoms with Crippen molar-refractivity contribution < 1.29 is 8.42 Å². The smallest absolute Gasteiger partial charge is 0.183 e. The molecule has 1 aliphatic carbocycles. The number of rotatable bonds is 5. The molecule has 21 heavy (non-hydrogen) atoms. The van der Waals surface area contributed by atoms with Gasteiger partial charge in [0.25, 0.3) is 0 Å². The van der Waals surface area contributed by atoms with Crippen molar-refractivity contribution in [2.45, 2.75) is 49.3 Å². The van der Waals surface area contributed by atoms with Crippen molar-refractivity contribution in [2.24, 2.45) is 5.92 Å². The quantitative estimate of drug-likeness (QED) is 0.875. The van der Waals surface area contributed by atoms with E-state index in [1.54, 1.807) is 12.1 Å². The molecule has 1 saturated carbocycles. The lowest BCUT2D eigenvalue weighted by Gasteiger charge is -2.22. The fraction of sp³-hybridized carbons (Fsp3) is 0.600. The van der Waals surface area contributed by atoms with Gasteiger partial charge >= 0.3 is 0 Å². The standard InChI is InChI=1S/C15H21Cl2NO2S/c1-3-8-18-13-6-7-14(10(13)2)21(19,20)15-9-11(16)4-5-12(15)17/h4-5,9-10,13-14,18H,3,6-8H2,1-2H3. The van der Waals surface area contributed by atoms with Crippen LogP contribution in [0.4, 0.5) is 0 Å². The Balaban J connectivity index is 2.26. The minimum Gasteiger partial charge on any atom is -0.314 e. The summed E-state index contributed by atoms with van der Waals surface area (Å²) in [4.78, 5) is 0.157. The summed E-state index contributed by atoms with van der Waals surface area (Å²) in [6.45, 7) is 5.02. The highest BCUT2D eigenvalue weighted by molar-refractivity contribution is 7.92. The zero-order valence-corrected chi connectivity index (χ0v) is 14.6. The molecule has 1 fully saturated rings. The number of benzene rings is 1. The fourth-order valence-electron chi connectivity index (χ4n) is 3.04. The van der Waals surface area contributed by atoms with Crippen LogP contribution in [0.1, 0.15) is 33.1 Å². The van der Waals surface area contributed by atoms with E-state index >= 15 is 0 Å². The summed E-state index contributed by atoms with van der Waals surface area (Å²) in [7, 11) is -3.46. The molecule has 0 bridgehead atoms. The molecule has 0 aliphatic heterocycles. The Bertz CT molecular complexity index is 604. The van der Waals surface area contributed by atoms with Crippen LogP contribution >= 0.6 is 23.2 Å². The number of hydrogen-bond donors (Lipinski definition) is 1. The number of hydrogen-bond acceptors (Lipinski definition) is 3. The molecule has 0 radical (unpaired) electrons. The average molecular weight is 350 g/mol. The van der Waals surface area contributed by atoms with Crippen LogP contribution in [0.25, 0.3) is 0 Å². The van der Waals surface area contributed by atoms with Gasteiger partial charge in [0.05, 0.1) is 15.2 Å². The average Bonchev–Trinajstić information content (AvgIpc) is 2.81. The topological polar surface area (TPSA) is 46.2 Å². The molecule has 0 spiro atoms. The number of halogens is 2. The van der Waals surface area contributed by atoms with Gasteiger partial charge in [-0.3, -0.25) is 0 Å². The molecule has 1 N–H and O–H groups in total. The Morgan fingerprint density at radius 1 is 1.29 bits per heavy atom. The first kappa shape index (κ1) is 17.1. The minimum atomic E-state index is -3.46. The molecule has 3 atom stereocenters. The third-order valence-corrected chi connectivity index (χ3v) is 7.33. The van der Waals surface area contributed by atoms with Crippen LogP contribution in [0.2, 0.25) is 10.0 Å². The van der Waals surface area contributed by atoms with Crippen LogP contribution in [-0.2, 0) is 9.84 Å². The van der Waals surface area contributed by atoms with Crippen LogP contribution in [0, 0.1) is 5.92 Å². The molecule has 0 aromatic heterocycles. The molecule has 1 aliphatic rings. The summed E-state index contributed by atoms with van der Waals surface area (Å²) < 4.78 is 25.7. The summed E-state index contributed by atoms with van der Waals surface area (Å²) >= 11 is 12.0. The second-order valence-electron chi connectivity index (χ2n) is 5.66. The molecular weight excluding hydrogens is 329 g/mol. The lowest BCUT2D eigenvalue weighted by molar-refractivity contribution is 0.425. The van der Waals surface area contributed by atoms with Crippen molar-refractivity contribution in [1.82, 2.24) is 5.32 Å². The van der Waals surface area contributed by atoms with Gasteiger partial charge in [0.1, 0.15) is 0 Å². The first-order valence-corrected chi connectivity index (χ1v) is 9.60. The summed E-state index contributed by atoms with van der Waals surface area (Å²) in [6, 6.07) is 4.86. The van der Waals surface area contributed by atoms with Crippen LogP contribution < -0.4 is 5.32 Å². The highest BCUT2D eigenvalue weighted by Gasteiger charge is 2.41. The second kappa shape index (κ2) is 6.86. The molecule has 3 nitrogen and oxygen atoms in total. The summed E-state index contributed by atoms with van der Waals surface area (Å²) in [6.07, 6.45) is 2.58. The van der Waals surface area contributed by atoms with Crippen molar-refractivity contribution in [3.63, 3.8) is 0 Å². The number of sulfone groups is 1. The van der Waals surface area contributed by atoms with Crippen molar-refractivity contribution in [3.05, 3.63) is 28.2 Å². The van der Waals surface area contributed by atoms with Crippen molar-refractivity contribution in [2.75, 3.05) is 6.54 Å². The van der Waals surface area contributed by atoms with Gasteiger partial charge in [0.2, 0.25) is 0 Å². The molecule has 118 valence electrons. The second-order valence-corrected chi connectivity index (χ2v) is 8.63. The predicted octanol–water partition coefficient (Wildman–Crippen LogP) is 3.93. The first-order chi connectivity index (χ1) is 9.87. The van der Waals surface area contributed by atoms with Gasteiger partial charge < -0.3 is 5.32 Å². The summed E-state index contributed by atoms with van der Waals surface area (Å²) in [5, 5.41) is 3.68. The van der Waals surface area contributed by atoms with E-state index in [2.05, 4.69) is 12.2 Å². The number of nitrogens with one attached hydrogen (secondary N) is 1. The molecular formula is C15H21Cl2NO2S. The van der Waals surface area contributed by atoms with Crippen molar-refractivity contribution in [3.8, 4) is 0 Å². The van der Waals surface area contributed by atoms with Gasteiger partial charge in [-0.1, -0.05) is 37.0 Å². The van der Waals surface area contributed by atoms with Crippen LogP contribution in [0.15, 0.2) is 23.1 Å². The summed E-state index contributed by atoms with van der Waals surface area (Å²) in [5.74, 6) is 0.0663. The molecule has 2 rings (SSSR count). The largest absolute Gasteiger partial charge is 0.314 e. The zero-order chi connectivity index (χ0) is 15.6. The fourth-order valence-corrected chi connectivity index (χ4v) is 5.88. The van der Waals surface area contributed by atoms with E-state index in [1.165, 1.54) is 6.07 Å². The predicted molar refractivity (Wildman–Crippen MR) is 87.9 cm³/mol. The van der Waals surface area contributed by atoms with Crippen LogP contribution in [-0.4, -0.2) is 26.3 Å². The Labute approximate surface area is 136 Å². The third-order valence-electron chi connectivity index (χ3n) is 4.24. The minimum absolute atomic E-state index is 0.0663. The lowest BCUT2D eigenvalue weighted by Crippen LogP contribution is -2.36. The molecule has 0 amide bonds. The van der Waals surface area contributed by atoms with E-state index in [-0.39, 0.29) is 21.9 Å². The van der Waals surface area contributed by atoms with Gasteiger partial charge in [0.15, 0.2) is 9.84 Å². The lowest BCUT2D eigenvalue weighted by atomic mass is 10.1. The van der Waals surface area contributed by atoms with Crippen molar-refractivity contribution in [1.29, 1.82) is 0 Å². The molecule has 6 heteroatoms. The monoisotopic (exact) mass is 349 g/mol. The van der Waals surface area contributed by atoms with Crippen LogP contribution in [0.5, 0.6) is 0 Å². The normalized spacial score (nSPS) is 26.2. The van der Waals surface area contributed by atoms with Crippen molar-refractivity contribution >= 4 is 33.0 Å². The third kappa shape index (κ3) is 3.55. The SMILES string of the molecule is CCCNC1CCC(S(=O)(=O)c2cc(Cl)ccc2Cl)C1C. The van der Waals surface area contributed by atoms with E-state index in [0.29, 0.717) is 11.4 Å². The van der Waals surface area contributed by atoms with E-state index in [1.807, 2.05) is 6.92 Å². The Morgan fingerprint density at radius 2 is 2.00 bits per heavy atom. The van der Waals surface area contributed by atoms with Gasteiger partial charge in [-0.25, -0.2) is 8.42 Å². The molecule has 0 saturated heterocycles. The zero-order valence-electron chi connectivity index (χ0n) is 12.3. The maximum atomic E-state index is 12.9. The van der Waals surface area contributed by atoms with E-state index in [0.717, 1.165) is 19.4 Å². The molecule has 0 heterocycles. The van der Waals surface area contributed by atoms with Gasteiger partial charge in [-0.05, 0) is 49.9 Å². The first-order valence-electron chi connectivity index (χ1n) is 7.30. The molecule has 3 unspecified atom stereocenters. The highest BCUT2D eigenvalue weighted by Crippen LogP contribution is 2.37. The van der Waals surface area contributed by atoms with E-state index in [4.69, 9.17) is 23.2 Å². The molecule has 1 aromatic carbocycles. The summed E-state index contributed by atoms with van der Waals surface area (Å²) in [5.41, 5.74) is 0. The Morgan fingerprint density at radius 3 is 2.67 bits per heavy atom. The van der Waals surface area contributed by atoms with Gasteiger partial charge in [-0.15, -0.1) is 0 Å². The van der Waals surface area contributed by atoms with Gasteiger partial charge in [-0.2, -0.15) is 0 Å². The van der Waals surface area contributed by atoms with Gasteiger partial charge in [0, 0.05) is 11.1 Å². The maximum absolute atomic E-state index is 12.9. The van der Waals surface area contributed by atoms with E-state index in [9.17, 15) is 8.42 Å². The molecule has 1 aromatic rings. The Hall–Kier alpha value is -0.290. The highest BCUT2D eigenvalue weighted by atomic mass is 35.5.